The van der Waals surface area contributed by atoms with Crippen LogP contribution in [0.15, 0.2) is 42.5 Å². The predicted octanol–water partition coefficient (Wildman–Crippen LogP) is 6.27. The van der Waals surface area contributed by atoms with Crippen LogP contribution in [0.2, 0.25) is 0 Å². The molecule has 3 heterocycles. The molecule has 3 aromatic rings. The third-order valence-electron chi connectivity index (χ3n) is 5.56. The predicted molar refractivity (Wildman–Crippen MR) is 134 cm³/mol. The van der Waals surface area contributed by atoms with Crippen molar-refractivity contribution in [3.8, 4) is 11.3 Å². The third kappa shape index (κ3) is 8.47. The average molecular weight is 424 g/mol. The summed E-state index contributed by atoms with van der Waals surface area (Å²) in [5.41, 5.74) is 5.80. The van der Waals surface area contributed by atoms with Gasteiger partial charge in [-0.25, -0.2) is 0 Å². The molecule has 1 atom stereocenters. The summed E-state index contributed by atoms with van der Waals surface area (Å²) in [6.45, 7) is 12.3. The molecule has 0 saturated carbocycles. The number of hydrogen-bond acceptors (Lipinski definition) is 3. The molecule has 1 aliphatic rings. The summed E-state index contributed by atoms with van der Waals surface area (Å²) < 4.78 is 0. The Morgan fingerprint density at radius 3 is 2.48 bits per heavy atom. The SMILES string of the molecule is CCC(C)C.CCCc1cccc(-c2ccc3[nH]c(C)cc3c2)n1.OCC1CCCN1. The largest absolute Gasteiger partial charge is 0.395 e. The zero-order valence-corrected chi connectivity index (χ0v) is 20.0. The second-order valence-electron chi connectivity index (χ2n) is 8.80. The fraction of sp³-hybridized carbons (Fsp3) is 0.519. The molecule has 0 radical (unpaired) electrons. The molecule has 1 fully saturated rings. The monoisotopic (exact) mass is 423 g/mol. The summed E-state index contributed by atoms with van der Waals surface area (Å²) in [5, 5.41) is 12.9. The highest BCUT2D eigenvalue weighted by atomic mass is 16.3. The van der Waals surface area contributed by atoms with E-state index in [-0.39, 0.29) is 0 Å². The van der Waals surface area contributed by atoms with Crippen molar-refractivity contribution in [3.63, 3.8) is 0 Å². The molecule has 1 unspecified atom stereocenters. The molecule has 1 aromatic carbocycles. The maximum absolute atomic E-state index is 8.50. The molecule has 4 heteroatoms. The summed E-state index contributed by atoms with van der Waals surface area (Å²) in [4.78, 5) is 8.08. The van der Waals surface area contributed by atoms with E-state index in [0.29, 0.717) is 12.6 Å². The Kier molecular flexibility index (Phi) is 10.8. The van der Waals surface area contributed by atoms with Gasteiger partial charge >= 0.3 is 0 Å². The first-order chi connectivity index (χ1) is 15.0. The quantitative estimate of drug-likeness (QED) is 0.453. The fourth-order valence-electron chi connectivity index (χ4n) is 3.39. The van der Waals surface area contributed by atoms with Crippen molar-refractivity contribution in [1.82, 2.24) is 15.3 Å². The molecule has 0 bridgehead atoms. The molecule has 0 spiro atoms. The molecule has 1 saturated heterocycles. The number of hydrogen-bond donors (Lipinski definition) is 3. The Morgan fingerprint density at radius 1 is 1.13 bits per heavy atom. The van der Waals surface area contributed by atoms with Crippen molar-refractivity contribution in [2.75, 3.05) is 13.2 Å². The Morgan fingerprint density at radius 2 is 1.90 bits per heavy atom. The summed E-state index contributed by atoms with van der Waals surface area (Å²) in [7, 11) is 0. The van der Waals surface area contributed by atoms with Crippen molar-refractivity contribution in [3.05, 3.63) is 53.9 Å². The zero-order chi connectivity index (χ0) is 22.6. The minimum Gasteiger partial charge on any atom is -0.395 e. The lowest BCUT2D eigenvalue weighted by Crippen LogP contribution is -2.24. The van der Waals surface area contributed by atoms with Gasteiger partial charge in [0.15, 0.2) is 0 Å². The third-order valence-corrected chi connectivity index (χ3v) is 5.56. The van der Waals surface area contributed by atoms with Crippen LogP contribution in [0.4, 0.5) is 0 Å². The molecule has 1 aliphatic heterocycles. The van der Waals surface area contributed by atoms with Gasteiger partial charge in [-0.05, 0) is 69.0 Å². The lowest BCUT2D eigenvalue weighted by Gasteiger charge is -2.04. The number of aromatic amines is 1. The number of nitrogens with one attached hydrogen (secondary N) is 2. The normalized spacial score (nSPS) is 15.4. The molecule has 170 valence electrons. The summed E-state index contributed by atoms with van der Waals surface area (Å²) in [6.07, 6.45) is 5.85. The van der Waals surface area contributed by atoms with E-state index in [1.54, 1.807) is 0 Å². The Bertz CT molecular complexity index is 894. The molecule has 3 N–H and O–H groups in total. The van der Waals surface area contributed by atoms with Crippen LogP contribution in [-0.4, -0.2) is 34.3 Å². The molecular weight excluding hydrogens is 382 g/mol. The van der Waals surface area contributed by atoms with Crippen molar-refractivity contribution in [2.24, 2.45) is 5.92 Å². The number of aromatic nitrogens is 2. The highest BCUT2D eigenvalue weighted by Crippen LogP contribution is 2.24. The maximum Gasteiger partial charge on any atom is 0.0705 e. The summed E-state index contributed by atoms with van der Waals surface area (Å²) >= 11 is 0. The molecule has 0 aliphatic carbocycles. The van der Waals surface area contributed by atoms with Crippen LogP contribution in [0.1, 0.15) is 64.8 Å². The molecular formula is C27H41N3O. The smallest absolute Gasteiger partial charge is 0.0705 e. The van der Waals surface area contributed by atoms with Gasteiger partial charge in [0.05, 0.1) is 12.3 Å². The van der Waals surface area contributed by atoms with Crippen molar-refractivity contribution in [1.29, 1.82) is 0 Å². The van der Waals surface area contributed by atoms with E-state index in [1.807, 2.05) is 0 Å². The molecule has 0 amide bonds. The van der Waals surface area contributed by atoms with Gasteiger partial charge in [-0.2, -0.15) is 0 Å². The standard InChI is InChI=1S/C17H18N2.C5H11NO.C5H12/c1-3-5-15-6-4-7-16(19-15)13-8-9-17-14(11-13)10-12(2)18-17;7-4-5-2-1-3-6-5;1-4-5(2)3/h4,6-11,18H,3,5H2,1-2H3;5-7H,1-4H2;5H,4H2,1-3H3. The van der Waals surface area contributed by atoms with E-state index in [9.17, 15) is 0 Å². The first-order valence-electron chi connectivity index (χ1n) is 11.9. The van der Waals surface area contributed by atoms with Gasteiger partial charge in [-0.1, -0.05) is 52.7 Å². The van der Waals surface area contributed by atoms with E-state index in [1.165, 1.54) is 40.7 Å². The first kappa shape index (κ1) is 25.1. The van der Waals surface area contributed by atoms with Crippen LogP contribution in [0.5, 0.6) is 0 Å². The maximum atomic E-state index is 8.50. The van der Waals surface area contributed by atoms with Gasteiger partial charge < -0.3 is 15.4 Å². The number of nitrogens with zero attached hydrogens (tertiary/aromatic N) is 1. The Hall–Kier alpha value is -2.17. The summed E-state index contributed by atoms with van der Waals surface area (Å²) in [5.74, 6) is 0.884. The van der Waals surface area contributed by atoms with Gasteiger partial charge in [-0.3, -0.25) is 4.98 Å². The highest BCUT2D eigenvalue weighted by Gasteiger charge is 2.10. The number of H-pyrrole nitrogens is 1. The average Bonchev–Trinajstić information content (AvgIpc) is 3.43. The van der Waals surface area contributed by atoms with Gasteiger partial charge in [-0.15, -0.1) is 0 Å². The van der Waals surface area contributed by atoms with Gasteiger partial charge in [0, 0.05) is 33.9 Å². The van der Waals surface area contributed by atoms with E-state index in [2.05, 4.69) is 87.4 Å². The van der Waals surface area contributed by atoms with Crippen LogP contribution in [0.25, 0.3) is 22.2 Å². The molecule has 4 rings (SSSR count). The van der Waals surface area contributed by atoms with Crippen molar-refractivity contribution in [2.45, 2.75) is 72.8 Å². The second kappa shape index (κ2) is 13.3. The lowest BCUT2D eigenvalue weighted by atomic mass is 10.1. The van der Waals surface area contributed by atoms with Gasteiger partial charge in [0.2, 0.25) is 0 Å². The number of rotatable bonds is 5. The van der Waals surface area contributed by atoms with Crippen LogP contribution < -0.4 is 5.32 Å². The molecule has 31 heavy (non-hydrogen) atoms. The summed E-state index contributed by atoms with van der Waals surface area (Å²) in [6, 6.07) is 15.3. The number of aliphatic hydroxyl groups excluding tert-OH is 1. The lowest BCUT2D eigenvalue weighted by molar-refractivity contribution is 0.255. The van der Waals surface area contributed by atoms with E-state index in [4.69, 9.17) is 10.1 Å². The van der Waals surface area contributed by atoms with Crippen LogP contribution in [-0.2, 0) is 6.42 Å². The van der Waals surface area contributed by atoms with E-state index < -0.39 is 0 Å². The number of fused-ring (bicyclic) bond motifs is 1. The number of benzene rings is 1. The minimum atomic E-state index is 0.306. The second-order valence-corrected chi connectivity index (χ2v) is 8.80. The van der Waals surface area contributed by atoms with Crippen molar-refractivity contribution < 1.29 is 5.11 Å². The number of pyridine rings is 1. The van der Waals surface area contributed by atoms with Crippen molar-refractivity contribution >= 4 is 10.9 Å². The fourth-order valence-corrected chi connectivity index (χ4v) is 3.39. The minimum absolute atomic E-state index is 0.306. The molecule has 2 aromatic heterocycles. The van der Waals surface area contributed by atoms with Gasteiger partial charge in [0.25, 0.3) is 0 Å². The molecule has 4 nitrogen and oxygen atoms in total. The highest BCUT2D eigenvalue weighted by molar-refractivity contribution is 5.85. The Labute approximate surface area is 188 Å². The van der Waals surface area contributed by atoms with E-state index >= 15 is 0 Å². The van der Waals surface area contributed by atoms with Crippen LogP contribution >= 0.6 is 0 Å². The number of aryl methyl sites for hydroxylation is 2. The Balaban J connectivity index is 0.000000234. The van der Waals surface area contributed by atoms with Crippen LogP contribution in [0, 0.1) is 12.8 Å². The first-order valence-corrected chi connectivity index (χ1v) is 11.9. The van der Waals surface area contributed by atoms with E-state index in [0.717, 1.165) is 37.4 Å². The zero-order valence-electron chi connectivity index (χ0n) is 20.0. The number of aliphatic hydroxyl groups is 1. The topological polar surface area (TPSA) is 60.9 Å². The van der Waals surface area contributed by atoms with Crippen LogP contribution in [0.3, 0.4) is 0 Å². The van der Waals surface area contributed by atoms with Gasteiger partial charge in [0.1, 0.15) is 0 Å².